The third kappa shape index (κ3) is 11.2. The second kappa shape index (κ2) is 19.6. The zero-order chi connectivity index (χ0) is 23.6. The summed E-state index contributed by atoms with van der Waals surface area (Å²) in [5.41, 5.74) is -0.115. The number of hydrogen-bond donors (Lipinski definition) is 1. The number of rotatable bonds is 22. The van der Waals surface area contributed by atoms with E-state index < -0.39 is 13.3 Å². The summed E-state index contributed by atoms with van der Waals surface area (Å²) in [7, 11) is 2.06. The number of unbranched alkanes of at least 4 members (excludes halogenated alkanes) is 13. The van der Waals surface area contributed by atoms with Crippen LogP contribution in [0.2, 0.25) is 0 Å². The summed E-state index contributed by atoms with van der Waals surface area (Å²) in [5.74, 6) is 0. The van der Waals surface area contributed by atoms with Gasteiger partial charge in [-0.3, -0.25) is 0 Å². The molecule has 0 aliphatic heterocycles. The molecule has 0 saturated heterocycles. The lowest BCUT2D eigenvalue weighted by atomic mass is 9.80. The average molecular weight is 496 g/mol. The highest BCUT2D eigenvalue weighted by Crippen LogP contribution is 2.50. The molecule has 1 atom stereocenters. The Morgan fingerprint density at radius 2 is 0.906 bits per heavy atom. The number of alkyl halides is 1. The van der Waals surface area contributed by atoms with Crippen LogP contribution in [0.5, 0.6) is 0 Å². The molecule has 0 fully saturated rings. The second-order valence-electron chi connectivity index (χ2n) is 9.95. The summed E-state index contributed by atoms with van der Waals surface area (Å²) in [6.07, 6.45) is 22.2. The first-order valence-electron chi connectivity index (χ1n) is 13.1. The molecule has 0 aromatic rings. The smallest absolute Gasteiger partial charge is 0.376 e. The minimum absolute atomic E-state index is 0. The van der Waals surface area contributed by atoms with Crippen LogP contribution in [0.15, 0.2) is 0 Å². The normalized spacial score (nSPS) is 14.2. The Balaban J connectivity index is 0. The minimum Gasteiger partial charge on any atom is -0.376 e. The van der Waals surface area contributed by atoms with Gasteiger partial charge in [-0.25, -0.2) is 0 Å². The van der Waals surface area contributed by atoms with E-state index >= 15 is 0 Å². The molecule has 0 aromatic carbocycles. The van der Waals surface area contributed by atoms with Crippen molar-refractivity contribution in [3.05, 3.63) is 0 Å². The van der Waals surface area contributed by atoms with E-state index in [0.29, 0.717) is 0 Å². The highest BCUT2D eigenvalue weighted by Gasteiger charge is 2.65. The topological polar surface area (TPSA) is 62.7 Å². The standard InChI is InChI=1S/C26H55ClO3Si.H3N/c1-8-10-11-12-13-14-15-16-17-18-19-20-21-22-24-25(3,4)26(27,23-9-2)31(28-5,29-6)30-7;/h8-24H2,1-7H3;1H3. The van der Waals surface area contributed by atoms with Crippen molar-refractivity contribution in [2.24, 2.45) is 5.41 Å². The van der Waals surface area contributed by atoms with Gasteiger partial charge in [0.25, 0.3) is 0 Å². The largest absolute Gasteiger partial charge is 0.522 e. The molecule has 3 N–H and O–H groups in total. The van der Waals surface area contributed by atoms with Crippen molar-refractivity contribution in [3.8, 4) is 0 Å². The predicted octanol–water partition coefficient (Wildman–Crippen LogP) is 9.24. The van der Waals surface area contributed by atoms with Crippen LogP contribution < -0.4 is 6.15 Å². The summed E-state index contributed by atoms with van der Waals surface area (Å²) in [4.78, 5) is 0. The van der Waals surface area contributed by atoms with Crippen LogP contribution >= 0.6 is 11.6 Å². The molecule has 0 rings (SSSR count). The average Bonchev–Trinajstić information content (AvgIpc) is 2.75. The number of hydrogen-bond acceptors (Lipinski definition) is 4. The summed E-state index contributed by atoms with van der Waals surface area (Å²) in [6.45, 7) is 8.97. The van der Waals surface area contributed by atoms with Gasteiger partial charge in [0.05, 0.1) is 0 Å². The van der Waals surface area contributed by atoms with E-state index in [1.807, 2.05) is 0 Å². The van der Waals surface area contributed by atoms with Crippen LogP contribution in [0.4, 0.5) is 0 Å². The molecule has 0 saturated carbocycles. The first-order valence-corrected chi connectivity index (χ1v) is 15.3. The summed E-state index contributed by atoms with van der Waals surface area (Å²) < 4.78 is 16.9. The van der Waals surface area contributed by atoms with Crippen molar-refractivity contribution in [3.63, 3.8) is 0 Å². The van der Waals surface area contributed by atoms with E-state index in [1.54, 1.807) is 21.3 Å². The van der Waals surface area contributed by atoms with Crippen molar-refractivity contribution in [2.75, 3.05) is 21.3 Å². The van der Waals surface area contributed by atoms with E-state index in [0.717, 1.165) is 19.3 Å². The Hall–Kier alpha value is 0.347. The van der Waals surface area contributed by atoms with Crippen molar-refractivity contribution in [1.29, 1.82) is 0 Å². The molecule has 0 aliphatic rings. The highest BCUT2D eigenvalue weighted by atomic mass is 35.5. The van der Waals surface area contributed by atoms with Crippen molar-refractivity contribution < 1.29 is 13.3 Å². The van der Waals surface area contributed by atoms with Crippen LogP contribution in [-0.2, 0) is 13.3 Å². The van der Waals surface area contributed by atoms with E-state index in [4.69, 9.17) is 24.9 Å². The van der Waals surface area contributed by atoms with E-state index in [1.165, 1.54) is 89.9 Å². The van der Waals surface area contributed by atoms with E-state index in [2.05, 4.69) is 27.7 Å². The van der Waals surface area contributed by atoms with Gasteiger partial charge in [0.2, 0.25) is 0 Å². The van der Waals surface area contributed by atoms with Crippen molar-refractivity contribution >= 4 is 20.4 Å². The minimum atomic E-state index is -2.97. The van der Waals surface area contributed by atoms with E-state index in [-0.39, 0.29) is 11.6 Å². The van der Waals surface area contributed by atoms with Gasteiger partial charge in [-0.1, -0.05) is 124 Å². The Kier molecular flexibility index (Phi) is 21.2. The third-order valence-corrected chi connectivity index (χ3v) is 12.0. The molecule has 0 aliphatic carbocycles. The fraction of sp³-hybridized carbons (Fsp3) is 1.00. The molecule has 0 spiro atoms. The molecule has 0 radical (unpaired) electrons. The Morgan fingerprint density at radius 3 is 1.22 bits per heavy atom. The zero-order valence-corrected chi connectivity index (χ0v) is 24.6. The first-order chi connectivity index (χ1) is 14.8. The molecule has 0 amide bonds. The van der Waals surface area contributed by atoms with Crippen LogP contribution in [0.25, 0.3) is 0 Å². The maximum Gasteiger partial charge on any atom is 0.522 e. The third-order valence-electron chi connectivity index (χ3n) is 7.11. The maximum atomic E-state index is 7.30. The molecular weight excluding hydrogens is 438 g/mol. The summed E-state index contributed by atoms with van der Waals surface area (Å²) in [6, 6.07) is 0. The Bertz CT molecular complexity index is 414. The quantitative estimate of drug-likeness (QED) is 0.0922. The van der Waals surface area contributed by atoms with Gasteiger partial charge in [-0.2, -0.15) is 0 Å². The fourth-order valence-corrected chi connectivity index (χ4v) is 8.90. The SMILES string of the molecule is CCCCCCCCCCCCCCCCC(C)(C)C(Cl)(CCC)[Si](OC)(OC)OC.N. The monoisotopic (exact) mass is 495 g/mol. The van der Waals surface area contributed by atoms with Crippen molar-refractivity contribution in [1.82, 2.24) is 6.15 Å². The van der Waals surface area contributed by atoms with Crippen LogP contribution in [0, 0.1) is 5.41 Å². The molecule has 1 unspecified atom stereocenters. The molecule has 196 valence electrons. The predicted molar refractivity (Wildman–Crippen MR) is 144 cm³/mol. The van der Waals surface area contributed by atoms with E-state index in [9.17, 15) is 0 Å². The van der Waals surface area contributed by atoms with Gasteiger partial charge in [0, 0.05) is 21.3 Å². The van der Waals surface area contributed by atoms with Crippen LogP contribution in [0.1, 0.15) is 137 Å². The molecular formula is C26H58ClNO3Si. The van der Waals surface area contributed by atoms with Gasteiger partial charge in [0.1, 0.15) is 4.50 Å². The van der Waals surface area contributed by atoms with Gasteiger partial charge in [-0.15, -0.1) is 11.6 Å². The molecule has 6 heteroatoms. The zero-order valence-electron chi connectivity index (χ0n) is 22.8. The number of halogens is 1. The molecule has 0 heterocycles. The molecule has 32 heavy (non-hydrogen) atoms. The van der Waals surface area contributed by atoms with Gasteiger partial charge < -0.3 is 19.4 Å². The van der Waals surface area contributed by atoms with Gasteiger partial charge in [-0.05, 0) is 18.3 Å². The molecule has 0 aromatic heterocycles. The van der Waals surface area contributed by atoms with Crippen LogP contribution in [0.3, 0.4) is 0 Å². The molecule has 0 bridgehead atoms. The highest BCUT2D eigenvalue weighted by molar-refractivity contribution is 6.74. The van der Waals surface area contributed by atoms with Crippen LogP contribution in [-0.4, -0.2) is 34.6 Å². The van der Waals surface area contributed by atoms with Gasteiger partial charge in [0.15, 0.2) is 0 Å². The molecule has 4 nitrogen and oxygen atoms in total. The van der Waals surface area contributed by atoms with Gasteiger partial charge >= 0.3 is 8.80 Å². The second-order valence-corrected chi connectivity index (χ2v) is 14.1. The maximum absolute atomic E-state index is 7.30. The lowest BCUT2D eigenvalue weighted by Crippen LogP contribution is -2.66. The Labute approximate surface area is 207 Å². The lowest BCUT2D eigenvalue weighted by molar-refractivity contribution is 0.0716. The lowest BCUT2D eigenvalue weighted by Gasteiger charge is -2.49. The Morgan fingerprint density at radius 1 is 0.562 bits per heavy atom. The summed E-state index contributed by atoms with van der Waals surface area (Å²) in [5, 5.41) is 0. The van der Waals surface area contributed by atoms with Crippen molar-refractivity contribution in [2.45, 2.75) is 141 Å². The fourth-order valence-electron chi connectivity index (χ4n) is 4.95. The summed E-state index contributed by atoms with van der Waals surface area (Å²) >= 11 is 7.30. The first kappa shape index (κ1) is 34.5.